The van der Waals surface area contributed by atoms with Crippen molar-refractivity contribution in [3.05, 3.63) is 230 Å². The number of benzene rings is 10. The largest absolute Gasteiger partial charge is 0.309 e. The van der Waals surface area contributed by atoms with Gasteiger partial charge in [-0.05, 0) is 90.5 Å². The third kappa shape index (κ3) is 5.20. The van der Waals surface area contributed by atoms with E-state index in [1.807, 2.05) is 30.3 Å². The van der Waals surface area contributed by atoms with Gasteiger partial charge in [-0.3, -0.25) is 0 Å². The predicted octanol–water partition coefficient (Wildman–Crippen LogP) is 15.5. The van der Waals surface area contributed by atoms with Crippen LogP contribution in [0.2, 0.25) is 0 Å². The maximum Gasteiger partial charge on any atom is 0.0993 e. The van der Waals surface area contributed by atoms with Gasteiger partial charge in [-0.2, -0.15) is 10.5 Å². The van der Waals surface area contributed by atoms with E-state index in [2.05, 4.69) is 218 Å². The zero-order valence-corrected chi connectivity index (χ0v) is 36.5. The molecule has 4 aromatic heterocycles. The molecule has 0 saturated heterocycles. The molecule has 14 aromatic rings. The van der Waals surface area contributed by atoms with Gasteiger partial charge in [0.1, 0.15) is 0 Å². The number of nitrogens with zero attached hydrogens (tertiary/aromatic N) is 6. The molecular formula is C62H36N6. The molecule has 0 bridgehead atoms. The van der Waals surface area contributed by atoms with Crippen molar-refractivity contribution in [2.45, 2.75) is 0 Å². The van der Waals surface area contributed by atoms with Crippen LogP contribution >= 0.6 is 0 Å². The summed E-state index contributed by atoms with van der Waals surface area (Å²) in [5.74, 6) is 0. The molecule has 0 fully saturated rings. The monoisotopic (exact) mass is 864 g/mol. The van der Waals surface area contributed by atoms with Crippen molar-refractivity contribution in [1.29, 1.82) is 10.5 Å². The van der Waals surface area contributed by atoms with E-state index in [0.717, 1.165) is 121 Å². The van der Waals surface area contributed by atoms with Gasteiger partial charge in [0.05, 0.1) is 78.8 Å². The second-order valence-electron chi connectivity index (χ2n) is 17.5. The fraction of sp³-hybridized carbons (Fsp3) is 0. The number of fused-ring (bicyclic) bond motifs is 14. The van der Waals surface area contributed by atoms with E-state index in [1.54, 1.807) is 0 Å². The zero-order chi connectivity index (χ0) is 45.0. The first-order valence-electron chi connectivity index (χ1n) is 22.8. The van der Waals surface area contributed by atoms with Crippen LogP contribution in [0.3, 0.4) is 0 Å². The summed E-state index contributed by atoms with van der Waals surface area (Å²) in [6.07, 6.45) is 0. The molecule has 6 nitrogen and oxygen atoms in total. The van der Waals surface area contributed by atoms with Crippen molar-refractivity contribution in [3.8, 4) is 46.0 Å². The molecule has 0 atom stereocenters. The van der Waals surface area contributed by atoms with Gasteiger partial charge >= 0.3 is 0 Å². The summed E-state index contributed by atoms with van der Waals surface area (Å²) < 4.78 is 9.49. The van der Waals surface area contributed by atoms with E-state index >= 15 is 0 Å². The summed E-state index contributed by atoms with van der Waals surface area (Å²) in [6.45, 7) is 0. The lowest BCUT2D eigenvalue weighted by atomic mass is 9.96. The van der Waals surface area contributed by atoms with Gasteiger partial charge in [-0.15, -0.1) is 0 Å². The third-order valence-electron chi connectivity index (χ3n) is 14.0. The van der Waals surface area contributed by atoms with E-state index in [4.69, 9.17) is 0 Å². The Kier molecular flexibility index (Phi) is 8.01. The minimum Gasteiger partial charge on any atom is -0.309 e. The fourth-order valence-electron chi connectivity index (χ4n) is 11.3. The average molecular weight is 865 g/mol. The highest BCUT2D eigenvalue weighted by Crippen LogP contribution is 2.48. The fourth-order valence-corrected chi connectivity index (χ4v) is 11.3. The summed E-state index contributed by atoms with van der Waals surface area (Å²) in [5, 5.41) is 30.7. The molecule has 0 spiro atoms. The van der Waals surface area contributed by atoms with E-state index < -0.39 is 0 Å². The van der Waals surface area contributed by atoms with Crippen LogP contribution in [0, 0.1) is 22.7 Å². The van der Waals surface area contributed by atoms with E-state index in [1.165, 1.54) is 0 Å². The molecule has 0 amide bonds. The summed E-state index contributed by atoms with van der Waals surface area (Å²) in [6, 6.07) is 81.7. The van der Waals surface area contributed by atoms with Crippen molar-refractivity contribution in [3.63, 3.8) is 0 Å². The van der Waals surface area contributed by atoms with Gasteiger partial charge in [0.15, 0.2) is 0 Å². The van der Waals surface area contributed by atoms with Gasteiger partial charge in [-0.25, -0.2) is 0 Å². The Hall–Kier alpha value is -9.62. The lowest BCUT2D eigenvalue weighted by molar-refractivity contribution is 1.14. The Bertz CT molecular complexity index is 4260. The third-order valence-corrected chi connectivity index (χ3v) is 14.0. The van der Waals surface area contributed by atoms with Crippen LogP contribution in [0.25, 0.3) is 121 Å². The first-order chi connectivity index (χ1) is 33.7. The van der Waals surface area contributed by atoms with Crippen LogP contribution in [-0.2, 0) is 0 Å². The second-order valence-corrected chi connectivity index (χ2v) is 17.5. The molecule has 0 aliphatic rings. The molecular weight excluding hydrogens is 829 g/mol. The van der Waals surface area contributed by atoms with Gasteiger partial charge < -0.3 is 18.3 Å². The molecule has 0 N–H and O–H groups in total. The highest BCUT2D eigenvalue weighted by molar-refractivity contribution is 6.28. The highest BCUT2D eigenvalue weighted by Gasteiger charge is 2.27. The lowest BCUT2D eigenvalue weighted by Crippen LogP contribution is -2.05. The number of nitriles is 2. The molecule has 14 rings (SSSR count). The Morgan fingerprint density at radius 3 is 1.16 bits per heavy atom. The Balaban J connectivity index is 1.21. The van der Waals surface area contributed by atoms with Crippen molar-refractivity contribution < 1.29 is 0 Å². The maximum absolute atomic E-state index is 11.2. The molecule has 10 aromatic carbocycles. The van der Waals surface area contributed by atoms with Crippen molar-refractivity contribution >= 4 is 87.2 Å². The molecule has 0 saturated carbocycles. The zero-order valence-electron chi connectivity index (χ0n) is 36.5. The molecule has 0 unspecified atom stereocenters. The van der Waals surface area contributed by atoms with Crippen molar-refractivity contribution in [2.75, 3.05) is 0 Å². The summed E-state index contributed by atoms with van der Waals surface area (Å²) >= 11 is 0. The van der Waals surface area contributed by atoms with Crippen LogP contribution in [-0.4, -0.2) is 18.3 Å². The minimum atomic E-state index is 0.518. The maximum atomic E-state index is 11.2. The topological polar surface area (TPSA) is 67.3 Å². The summed E-state index contributed by atoms with van der Waals surface area (Å²) in [5.41, 5.74) is 15.2. The molecule has 0 radical (unpaired) electrons. The molecule has 314 valence electrons. The van der Waals surface area contributed by atoms with Gasteiger partial charge in [0, 0.05) is 60.0 Å². The molecule has 6 heteroatoms. The van der Waals surface area contributed by atoms with E-state index in [-0.39, 0.29) is 0 Å². The average Bonchev–Trinajstić information content (AvgIpc) is 4.13. The number of rotatable bonds is 5. The predicted molar refractivity (Wildman–Crippen MR) is 279 cm³/mol. The SMILES string of the molecule is N#Cc1cccc(-c2c(-n3c4ccccc4c4ccc5c(c6ccccc6n5-c5ccccc5)c43)cc(C#N)cc2-n2c3ccccc3c3ccc4c(c5ccccc5n4-c4ccccc4)c32)c1. The van der Waals surface area contributed by atoms with Crippen LogP contribution in [0.5, 0.6) is 0 Å². The smallest absolute Gasteiger partial charge is 0.0993 e. The van der Waals surface area contributed by atoms with Crippen LogP contribution < -0.4 is 0 Å². The van der Waals surface area contributed by atoms with Gasteiger partial charge in [0.2, 0.25) is 0 Å². The number of aromatic nitrogens is 4. The first kappa shape index (κ1) is 37.7. The number of hydrogen-bond donors (Lipinski definition) is 0. The van der Waals surface area contributed by atoms with E-state index in [9.17, 15) is 10.5 Å². The van der Waals surface area contributed by atoms with Crippen molar-refractivity contribution in [2.24, 2.45) is 0 Å². The Morgan fingerprint density at radius 1 is 0.294 bits per heavy atom. The lowest BCUT2D eigenvalue weighted by Gasteiger charge is -2.21. The molecule has 4 heterocycles. The standard InChI is InChI=1S/C62H36N6/c63-37-39-16-15-17-41(34-39)58-56(67-50-26-11-7-22-44(50)46-30-32-54-59(61(46)67)48-24-9-13-28-52(48)65(54)42-18-3-1-4-19-42)35-40(38-64)36-57(58)68-51-27-12-8-23-45(51)47-31-33-55-60(62(47)68)49-25-10-14-29-53(49)66(55)43-20-5-2-6-21-43/h1-36H. The van der Waals surface area contributed by atoms with Crippen LogP contribution in [0.4, 0.5) is 0 Å². The molecule has 0 aliphatic carbocycles. The van der Waals surface area contributed by atoms with E-state index in [0.29, 0.717) is 11.1 Å². The van der Waals surface area contributed by atoms with Gasteiger partial charge in [-0.1, -0.05) is 133 Å². The summed E-state index contributed by atoms with van der Waals surface area (Å²) in [4.78, 5) is 0. The second kappa shape index (κ2) is 14.4. The highest BCUT2D eigenvalue weighted by atomic mass is 15.0. The molecule has 0 aliphatic heterocycles. The number of para-hydroxylation sites is 6. The minimum absolute atomic E-state index is 0.518. The number of hydrogen-bond acceptors (Lipinski definition) is 2. The normalized spacial score (nSPS) is 11.8. The molecule has 68 heavy (non-hydrogen) atoms. The quantitative estimate of drug-likeness (QED) is 0.173. The Labute approximate surface area is 389 Å². The summed E-state index contributed by atoms with van der Waals surface area (Å²) in [7, 11) is 0. The Morgan fingerprint density at radius 2 is 0.706 bits per heavy atom. The van der Waals surface area contributed by atoms with Crippen molar-refractivity contribution in [1.82, 2.24) is 18.3 Å². The van der Waals surface area contributed by atoms with Gasteiger partial charge in [0.25, 0.3) is 0 Å². The van der Waals surface area contributed by atoms with Crippen LogP contribution in [0.15, 0.2) is 218 Å². The van der Waals surface area contributed by atoms with Crippen LogP contribution in [0.1, 0.15) is 11.1 Å². The first-order valence-corrected chi connectivity index (χ1v) is 22.8.